The molecule has 0 aliphatic carbocycles. The molecule has 1 heterocycles. The maximum absolute atomic E-state index is 9.35. The summed E-state index contributed by atoms with van der Waals surface area (Å²) in [5, 5.41) is 9.35. The normalized spacial score (nSPS) is 12.0. The van der Waals surface area contributed by atoms with Crippen LogP contribution in [0.3, 0.4) is 0 Å². The van der Waals surface area contributed by atoms with E-state index >= 15 is 0 Å². The van der Waals surface area contributed by atoms with Crippen molar-refractivity contribution in [2.45, 2.75) is 19.5 Å². The number of rotatable bonds is 5. The molecule has 0 aliphatic heterocycles. The van der Waals surface area contributed by atoms with Crippen LogP contribution in [-0.2, 0) is 6.54 Å². The van der Waals surface area contributed by atoms with Crippen molar-refractivity contribution >= 4 is 11.0 Å². The molecule has 0 amide bonds. The first-order chi connectivity index (χ1) is 12.1. The van der Waals surface area contributed by atoms with Gasteiger partial charge in [0.25, 0.3) is 0 Å². The second-order valence-corrected chi connectivity index (χ2v) is 5.81. The Balaban J connectivity index is 2.21. The molecule has 0 aliphatic rings. The highest BCUT2D eigenvalue weighted by Gasteiger charge is 2.18. The van der Waals surface area contributed by atoms with Crippen LogP contribution >= 0.6 is 0 Å². The summed E-state index contributed by atoms with van der Waals surface area (Å²) in [4.78, 5) is 4.67. The van der Waals surface area contributed by atoms with Gasteiger partial charge in [-0.05, 0) is 18.6 Å². The second-order valence-electron chi connectivity index (χ2n) is 5.81. The van der Waals surface area contributed by atoms with Gasteiger partial charge in [0.05, 0.1) is 49.5 Å². The van der Waals surface area contributed by atoms with E-state index in [9.17, 15) is 5.26 Å². The third-order valence-corrected chi connectivity index (χ3v) is 4.16. The third kappa shape index (κ3) is 3.02. The number of methoxy groups -OCH3 is 2. The van der Waals surface area contributed by atoms with Gasteiger partial charge in [0.1, 0.15) is 5.82 Å². The van der Waals surface area contributed by atoms with Crippen LogP contribution in [0.1, 0.15) is 29.9 Å². The standard InChI is InChI=1S/C19H20N4O2/c1-12(21)19-22-15-8-17(24-2)18(25-3)9-16(15)23(19)11-14-7-5-4-6-13(14)10-20/h4-9,12H,11,21H2,1-3H3. The molecular formula is C19H20N4O2. The minimum absolute atomic E-state index is 0.251. The van der Waals surface area contributed by atoms with Gasteiger partial charge >= 0.3 is 0 Å². The van der Waals surface area contributed by atoms with Crippen LogP contribution in [0, 0.1) is 11.3 Å². The Morgan fingerprint density at radius 2 is 1.88 bits per heavy atom. The number of nitriles is 1. The fourth-order valence-corrected chi connectivity index (χ4v) is 2.92. The van der Waals surface area contributed by atoms with Gasteiger partial charge in [0.2, 0.25) is 0 Å². The van der Waals surface area contributed by atoms with E-state index in [1.807, 2.05) is 47.9 Å². The van der Waals surface area contributed by atoms with Crippen LogP contribution in [0.4, 0.5) is 0 Å². The van der Waals surface area contributed by atoms with Crippen molar-refractivity contribution in [1.29, 1.82) is 5.26 Å². The maximum Gasteiger partial charge on any atom is 0.163 e. The SMILES string of the molecule is COc1cc2nc(C(C)N)n(Cc3ccccc3C#N)c2cc1OC. The van der Waals surface area contributed by atoms with E-state index < -0.39 is 0 Å². The lowest BCUT2D eigenvalue weighted by Crippen LogP contribution is -2.14. The summed E-state index contributed by atoms with van der Waals surface area (Å²) < 4.78 is 12.8. The first-order valence-electron chi connectivity index (χ1n) is 7.94. The minimum Gasteiger partial charge on any atom is -0.493 e. The number of fused-ring (bicyclic) bond motifs is 1. The van der Waals surface area contributed by atoms with Crippen molar-refractivity contribution in [3.05, 3.63) is 53.3 Å². The zero-order valence-corrected chi connectivity index (χ0v) is 14.5. The van der Waals surface area contributed by atoms with Crippen LogP contribution in [0.15, 0.2) is 36.4 Å². The number of imidazole rings is 1. The molecule has 1 aromatic heterocycles. The van der Waals surface area contributed by atoms with E-state index in [1.165, 1.54) is 0 Å². The molecule has 3 aromatic rings. The molecule has 0 radical (unpaired) electrons. The van der Waals surface area contributed by atoms with Crippen molar-refractivity contribution < 1.29 is 9.47 Å². The zero-order chi connectivity index (χ0) is 18.0. The lowest BCUT2D eigenvalue weighted by molar-refractivity contribution is 0.355. The van der Waals surface area contributed by atoms with Crippen LogP contribution in [0.2, 0.25) is 0 Å². The Labute approximate surface area is 146 Å². The van der Waals surface area contributed by atoms with Gasteiger partial charge < -0.3 is 19.8 Å². The lowest BCUT2D eigenvalue weighted by Gasteiger charge is -2.13. The zero-order valence-electron chi connectivity index (χ0n) is 14.5. The molecule has 0 saturated carbocycles. The summed E-state index contributed by atoms with van der Waals surface area (Å²) in [5.74, 6) is 1.99. The monoisotopic (exact) mass is 336 g/mol. The molecule has 6 heteroatoms. The highest BCUT2D eigenvalue weighted by atomic mass is 16.5. The summed E-state index contributed by atoms with van der Waals surface area (Å²) in [6, 6.07) is 13.2. The smallest absolute Gasteiger partial charge is 0.163 e. The first-order valence-corrected chi connectivity index (χ1v) is 7.94. The van der Waals surface area contributed by atoms with Crippen LogP contribution in [0.5, 0.6) is 11.5 Å². The number of nitrogens with two attached hydrogens (primary N) is 1. The Morgan fingerprint density at radius 3 is 2.52 bits per heavy atom. The molecule has 2 aromatic carbocycles. The van der Waals surface area contributed by atoms with E-state index in [4.69, 9.17) is 15.2 Å². The number of benzene rings is 2. The highest BCUT2D eigenvalue weighted by molar-refractivity contribution is 5.81. The molecule has 0 saturated heterocycles. The van der Waals surface area contributed by atoms with E-state index in [0.717, 1.165) is 22.4 Å². The topological polar surface area (TPSA) is 86.1 Å². The Bertz CT molecular complexity index is 954. The Morgan fingerprint density at radius 1 is 1.20 bits per heavy atom. The van der Waals surface area contributed by atoms with Gasteiger partial charge in [0, 0.05) is 12.1 Å². The van der Waals surface area contributed by atoms with Gasteiger partial charge in [-0.25, -0.2) is 4.98 Å². The van der Waals surface area contributed by atoms with E-state index in [0.29, 0.717) is 23.6 Å². The predicted molar refractivity (Wildman–Crippen MR) is 95.7 cm³/mol. The number of nitrogens with zero attached hydrogens (tertiary/aromatic N) is 3. The van der Waals surface area contributed by atoms with E-state index in [1.54, 1.807) is 14.2 Å². The first kappa shape index (κ1) is 16.8. The van der Waals surface area contributed by atoms with Crippen molar-refractivity contribution in [1.82, 2.24) is 9.55 Å². The molecule has 1 atom stereocenters. The van der Waals surface area contributed by atoms with Crippen LogP contribution in [-0.4, -0.2) is 23.8 Å². The fourth-order valence-electron chi connectivity index (χ4n) is 2.92. The Hall–Kier alpha value is -3.04. The van der Waals surface area contributed by atoms with Gasteiger partial charge in [-0.2, -0.15) is 5.26 Å². The Kier molecular flexibility index (Phi) is 4.59. The number of hydrogen-bond acceptors (Lipinski definition) is 5. The summed E-state index contributed by atoms with van der Waals surface area (Å²) in [6.07, 6.45) is 0. The van der Waals surface area contributed by atoms with Gasteiger partial charge in [0.15, 0.2) is 11.5 Å². The van der Waals surface area contributed by atoms with Crippen molar-refractivity contribution in [3.63, 3.8) is 0 Å². The molecule has 128 valence electrons. The molecule has 6 nitrogen and oxygen atoms in total. The second kappa shape index (κ2) is 6.83. The summed E-state index contributed by atoms with van der Waals surface area (Å²) in [7, 11) is 3.19. The quantitative estimate of drug-likeness (QED) is 0.774. The maximum atomic E-state index is 9.35. The largest absolute Gasteiger partial charge is 0.493 e. The third-order valence-electron chi connectivity index (χ3n) is 4.16. The average Bonchev–Trinajstić information content (AvgIpc) is 2.98. The number of hydrogen-bond donors (Lipinski definition) is 1. The average molecular weight is 336 g/mol. The molecule has 0 spiro atoms. The van der Waals surface area contributed by atoms with Crippen molar-refractivity contribution in [2.24, 2.45) is 5.73 Å². The number of aromatic nitrogens is 2. The lowest BCUT2D eigenvalue weighted by atomic mass is 10.1. The molecule has 0 fully saturated rings. The molecule has 0 bridgehead atoms. The van der Waals surface area contributed by atoms with Gasteiger partial charge in [-0.1, -0.05) is 18.2 Å². The fraction of sp³-hybridized carbons (Fsp3) is 0.263. The van der Waals surface area contributed by atoms with Gasteiger partial charge in [-0.3, -0.25) is 0 Å². The molecular weight excluding hydrogens is 316 g/mol. The number of ether oxygens (including phenoxy) is 2. The van der Waals surface area contributed by atoms with Crippen molar-refractivity contribution in [2.75, 3.05) is 14.2 Å². The summed E-state index contributed by atoms with van der Waals surface area (Å²) >= 11 is 0. The highest BCUT2D eigenvalue weighted by Crippen LogP contribution is 2.33. The summed E-state index contributed by atoms with van der Waals surface area (Å²) in [6.45, 7) is 2.40. The minimum atomic E-state index is -0.251. The molecule has 2 N–H and O–H groups in total. The molecule has 3 rings (SSSR count). The van der Waals surface area contributed by atoms with Crippen molar-refractivity contribution in [3.8, 4) is 17.6 Å². The molecule has 1 unspecified atom stereocenters. The molecule has 25 heavy (non-hydrogen) atoms. The van der Waals surface area contributed by atoms with Gasteiger partial charge in [-0.15, -0.1) is 0 Å². The van der Waals surface area contributed by atoms with Crippen LogP contribution < -0.4 is 15.2 Å². The van der Waals surface area contributed by atoms with E-state index in [2.05, 4.69) is 11.1 Å². The summed E-state index contributed by atoms with van der Waals surface area (Å²) in [5.41, 5.74) is 9.35. The van der Waals surface area contributed by atoms with E-state index in [-0.39, 0.29) is 6.04 Å². The predicted octanol–water partition coefficient (Wildman–Crippen LogP) is 2.99. The van der Waals surface area contributed by atoms with Crippen LogP contribution in [0.25, 0.3) is 11.0 Å².